The van der Waals surface area contributed by atoms with Gasteiger partial charge in [-0.2, -0.15) is 0 Å². The normalized spacial score (nSPS) is 14.2. The highest BCUT2D eigenvalue weighted by Gasteiger charge is 2.22. The van der Waals surface area contributed by atoms with Crippen LogP contribution < -0.4 is 5.56 Å². The first kappa shape index (κ1) is 19.1. The van der Waals surface area contributed by atoms with E-state index in [1.807, 2.05) is 4.90 Å². The lowest BCUT2D eigenvalue weighted by Crippen LogP contribution is -2.40. The van der Waals surface area contributed by atoms with Gasteiger partial charge in [0.1, 0.15) is 11.4 Å². The third-order valence-electron chi connectivity index (χ3n) is 4.77. The molecule has 0 atom stereocenters. The maximum Gasteiger partial charge on any atom is 0.262 e. The average molecular weight is 376 g/mol. The van der Waals surface area contributed by atoms with E-state index in [4.69, 9.17) is 0 Å². The Balaban J connectivity index is 1.89. The lowest BCUT2D eigenvalue weighted by molar-refractivity contribution is -0.133. The van der Waals surface area contributed by atoms with E-state index >= 15 is 0 Å². The first-order valence-corrected chi connectivity index (χ1v) is 10.5. The molecule has 6 heteroatoms. The number of hydrogen-bond acceptors (Lipinski definition) is 4. The minimum atomic E-state index is -0.0585. The molecule has 3 rings (SSSR count). The predicted molar refractivity (Wildman–Crippen MR) is 107 cm³/mol. The zero-order chi connectivity index (χ0) is 18.8. The molecular weight excluding hydrogens is 346 g/mol. The average Bonchev–Trinajstić information content (AvgIpc) is 2.95. The van der Waals surface area contributed by atoms with Gasteiger partial charge in [-0.1, -0.05) is 27.7 Å². The van der Waals surface area contributed by atoms with Gasteiger partial charge in [0.05, 0.1) is 11.7 Å². The summed E-state index contributed by atoms with van der Waals surface area (Å²) in [6.07, 6.45) is 5.87. The Morgan fingerprint density at radius 3 is 2.50 bits per heavy atom. The van der Waals surface area contributed by atoms with E-state index in [1.165, 1.54) is 21.4 Å². The third kappa shape index (κ3) is 4.00. The SMILES string of the molecule is CC(C)CN(CC(C)C)C(=O)Cn1cnc2sc3c(c2c1=O)CCCC3. The van der Waals surface area contributed by atoms with Crippen molar-refractivity contribution in [3.05, 3.63) is 27.1 Å². The lowest BCUT2D eigenvalue weighted by Gasteiger charge is -2.26. The maximum atomic E-state index is 13.0. The second-order valence-corrected chi connectivity index (χ2v) is 9.24. The number of hydrogen-bond donors (Lipinski definition) is 0. The van der Waals surface area contributed by atoms with E-state index < -0.39 is 0 Å². The molecule has 0 bridgehead atoms. The molecule has 1 amide bonds. The van der Waals surface area contributed by atoms with Crippen molar-refractivity contribution in [2.75, 3.05) is 13.1 Å². The molecule has 0 aromatic carbocycles. The topological polar surface area (TPSA) is 55.2 Å². The summed E-state index contributed by atoms with van der Waals surface area (Å²) < 4.78 is 1.50. The van der Waals surface area contributed by atoms with E-state index in [9.17, 15) is 9.59 Å². The number of carbonyl (C=O) groups is 1. The van der Waals surface area contributed by atoms with Gasteiger partial charge >= 0.3 is 0 Å². The first-order chi connectivity index (χ1) is 12.4. The van der Waals surface area contributed by atoms with Crippen LogP contribution in [-0.4, -0.2) is 33.4 Å². The van der Waals surface area contributed by atoms with Crippen molar-refractivity contribution in [1.29, 1.82) is 0 Å². The number of carbonyl (C=O) groups excluding carboxylic acids is 1. The van der Waals surface area contributed by atoms with Crippen LogP contribution in [0.15, 0.2) is 11.1 Å². The van der Waals surface area contributed by atoms with Gasteiger partial charge < -0.3 is 4.90 Å². The first-order valence-electron chi connectivity index (χ1n) is 9.64. The molecule has 0 radical (unpaired) electrons. The van der Waals surface area contributed by atoms with Crippen LogP contribution in [-0.2, 0) is 24.2 Å². The van der Waals surface area contributed by atoms with Crippen LogP contribution in [0.1, 0.15) is 51.0 Å². The largest absolute Gasteiger partial charge is 0.341 e. The maximum absolute atomic E-state index is 13.0. The summed E-state index contributed by atoms with van der Waals surface area (Å²) in [4.78, 5) is 34.4. The molecule has 0 saturated heterocycles. The summed E-state index contributed by atoms with van der Waals surface area (Å²) in [6.45, 7) is 9.95. The van der Waals surface area contributed by atoms with Crippen molar-refractivity contribution >= 4 is 27.5 Å². The van der Waals surface area contributed by atoms with Crippen LogP contribution >= 0.6 is 11.3 Å². The molecule has 0 N–H and O–H groups in total. The second-order valence-electron chi connectivity index (χ2n) is 8.16. The number of rotatable bonds is 6. The van der Waals surface area contributed by atoms with Gasteiger partial charge in [-0.3, -0.25) is 14.2 Å². The molecule has 2 aromatic heterocycles. The highest BCUT2D eigenvalue weighted by atomic mass is 32.1. The number of amides is 1. The van der Waals surface area contributed by atoms with E-state index in [-0.39, 0.29) is 18.0 Å². The highest BCUT2D eigenvalue weighted by molar-refractivity contribution is 7.18. The van der Waals surface area contributed by atoms with Gasteiger partial charge in [-0.25, -0.2) is 4.98 Å². The number of aromatic nitrogens is 2. The van der Waals surface area contributed by atoms with Gasteiger partial charge in [0.25, 0.3) is 5.56 Å². The van der Waals surface area contributed by atoms with Crippen LogP contribution in [0.4, 0.5) is 0 Å². The summed E-state index contributed by atoms with van der Waals surface area (Å²) in [5, 5.41) is 0.749. The van der Waals surface area contributed by atoms with Crippen LogP contribution in [0, 0.1) is 11.8 Å². The van der Waals surface area contributed by atoms with Gasteiger partial charge in [-0.05, 0) is 43.1 Å². The summed E-state index contributed by atoms with van der Waals surface area (Å²) >= 11 is 1.64. The molecule has 0 aliphatic heterocycles. The monoisotopic (exact) mass is 375 g/mol. The molecule has 26 heavy (non-hydrogen) atoms. The summed E-state index contributed by atoms with van der Waals surface area (Å²) in [6, 6.07) is 0. The number of fused-ring (bicyclic) bond motifs is 3. The Morgan fingerprint density at radius 1 is 1.19 bits per heavy atom. The Hall–Kier alpha value is -1.69. The lowest BCUT2D eigenvalue weighted by atomic mass is 9.97. The fraction of sp³-hybridized carbons (Fsp3) is 0.650. The Morgan fingerprint density at radius 2 is 1.85 bits per heavy atom. The molecular formula is C20H29N3O2S. The zero-order valence-corrected chi connectivity index (χ0v) is 17.1. The van der Waals surface area contributed by atoms with Crippen LogP contribution in [0.5, 0.6) is 0 Å². The van der Waals surface area contributed by atoms with Crippen molar-refractivity contribution in [2.45, 2.75) is 59.9 Å². The molecule has 0 unspecified atom stereocenters. The van der Waals surface area contributed by atoms with Crippen LogP contribution in [0.3, 0.4) is 0 Å². The number of thiophene rings is 1. The molecule has 1 aliphatic carbocycles. The van der Waals surface area contributed by atoms with Crippen LogP contribution in [0.2, 0.25) is 0 Å². The smallest absolute Gasteiger partial charge is 0.262 e. The number of nitrogens with zero attached hydrogens (tertiary/aromatic N) is 3. The second kappa shape index (κ2) is 7.91. The zero-order valence-electron chi connectivity index (χ0n) is 16.2. The van der Waals surface area contributed by atoms with Crippen molar-refractivity contribution < 1.29 is 4.79 Å². The van der Waals surface area contributed by atoms with Crippen molar-refractivity contribution in [2.24, 2.45) is 11.8 Å². The Labute approximate surface area is 159 Å². The minimum absolute atomic E-state index is 0.000234. The molecule has 0 spiro atoms. The molecule has 2 heterocycles. The number of aryl methyl sites for hydroxylation is 2. The van der Waals surface area contributed by atoms with Crippen molar-refractivity contribution in [1.82, 2.24) is 14.5 Å². The molecule has 0 fully saturated rings. The predicted octanol–water partition coefficient (Wildman–Crippen LogP) is 3.48. The summed E-state index contributed by atoms with van der Waals surface area (Å²) in [5.74, 6) is 0.803. The minimum Gasteiger partial charge on any atom is -0.341 e. The van der Waals surface area contributed by atoms with Gasteiger partial charge in [0, 0.05) is 18.0 Å². The Kier molecular flexibility index (Phi) is 5.80. The van der Waals surface area contributed by atoms with Gasteiger partial charge in [-0.15, -0.1) is 11.3 Å². The van der Waals surface area contributed by atoms with E-state index in [1.54, 1.807) is 17.7 Å². The van der Waals surface area contributed by atoms with E-state index in [0.29, 0.717) is 11.8 Å². The molecule has 5 nitrogen and oxygen atoms in total. The molecule has 2 aromatic rings. The Bertz CT molecular complexity index is 841. The van der Waals surface area contributed by atoms with E-state index in [2.05, 4.69) is 32.7 Å². The molecule has 0 saturated carbocycles. The van der Waals surface area contributed by atoms with E-state index in [0.717, 1.165) is 42.6 Å². The summed E-state index contributed by atoms with van der Waals surface area (Å²) in [5.41, 5.74) is 1.12. The standard InChI is InChI=1S/C20H29N3O2S/c1-13(2)9-22(10-14(3)4)17(24)11-23-12-21-19-18(20(23)25)15-7-5-6-8-16(15)26-19/h12-14H,5-11H2,1-4H3. The van der Waals surface area contributed by atoms with Gasteiger partial charge in [0.2, 0.25) is 5.91 Å². The summed E-state index contributed by atoms with van der Waals surface area (Å²) in [7, 11) is 0. The fourth-order valence-corrected chi connectivity index (χ4v) is 4.92. The molecule has 1 aliphatic rings. The van der Waals surface area contributed by atoms with Crippen LogP contribution in [0.25, 0.3) is 10.2 Å². The van der Waals surface area contributed by atoms with Gasteiger partial charge in [0.15, 0.2) is 0 Å². The highest BCUT2D eigenvalue weighted by Crippen LogP contribution is 2.33. The fourth-order valence-electron chi connectivity index (χ4n) is 3.70. The molecule has 142 valence electrons. The third-order valence-corrected chi connectivity index (χ3v) is 5.97. The van der Waals surface area contributed by atoms with Crippen molar-refractivity contribution in [3.63, 3.8) is 0 Å². The quantitative estimate of drug-likeness (QED) is 0.777. The van der Waals surface area contributed by atoms with Crippen molar-refractivity contribution in [3.8, 4) is 0 Å².